The van der Waals surface area contributed by atoms with Crippen LogP contribution in [-0.2, 0) is 5.41 Å². The van der Waals surface area contributed by atoms with Crippen molar-refractivity contribution in [3.8, 4) is 6.07 Å². The molecule has 1 aliphatic rings. The third kappa shape index (κ3) is 2.18. The highest BCUT2D eigenvalue weighted by Crippen LogP contribution is 2.47. The molecule has 0 aliphatic heterocycles. The van der Waals surface area contributed by atoms with Gasteiger partial charge in [0.1, 0.15) is 6.10 Å². The summed E-state index contributed by atoms with van der Waals surface area (Å²) in [7, 11) is 0. The van der Waals surface area contributed by atoms with Gasteiger partial charge < -0.3 is 15.9 Å². The first kappa shape index (κ1) is 12.1. The molecule has 17 heavy (non-hydrogen) atoms. The number of aliphatic hydroxyl groups excluding tert-OH is 2. The second-order valence-corrected chi connectivity index (χ2v) is 4.56. The standard InChI is InChI=1S/C13H16N2O2/c14-7-11(16)12(17)9-1-3-10(4-2-9)13(8-15)5-6-13/h1-4,11-12,16-17H,5-7,14H2. The number of hydrogen-bond acceptors (Lipinski definition) is 4. The molecule has 0 amide bonds. The molecule has 1 fully saturated rings. The van der Waals surface area contributed by atoms with Gasteiger partial charge in [0.25, 0.3) is 0 Å². The number of nitrogens with two attached hydrogens (primary N) is 1. The lowest BCUT2D eigenvalue weighted by Gasteiger charge is -2.17. The smallest absolute Gasteiger partial charge is 0.106 e. The number of nitriles is 1. The summed E-state index contributed by atoms with van der Waals surface area (Å²) in [6.45, 7) is 0.0189. The van der Waals surface area contributed by atoms with E-state index >= 15 is 0 Å². The maximum Gasteiger partial charge on any atom is 0.106 e. The van der Waals surface area contributed by atoms with Crippen molar-refractivity contribution < 1.29 is 10.2 Å². The number of rotatable bonds is 4. The van der Waals surface area contributed by atoms with Crippen LogP contribution in [0.2, 0.25) is 0 Å². The fourth-order valence-electron chi connectivity index (χ4n) is 1.94. The quantitative estimate of drug-likeness (QED) is 0.708. The van der Waals surface area contributed by atoms with E-state index in [0.717, 1.165) is 18.4 Å². The zero-order valence-corrected chi connectivity index (χ0v) is 9.50. The molecular formula is C13H16N2O2. The Morgan fingerprint density at radius 3 is 2.29 bits per heavy atom. The van der Waals surface area contributed by atoms with Crippen LogP contribution in [0.25, 0.3) is 0 Å². The summed E-state index contributed by atoms with van der Waals surface area (Å²) in [5.41, 5.74) is 6.59. The summed E-state index contributed by atoms with van der Waals surface area (Å²) in [5, 5.41) is 28.3. The van der Waals surface area contributed by atoms with Crippen LogP contribution >= 0.6 is 0 Å². The lowest BCUT2D eigenvalue weighted by Crippen LogP contribution is -2.27. The maximum atomic E-state index is 9.76. The Morgan fingerprint density at radius 2 is 1.88 bits per heavy atom. The van der Waals surface area contributed by atoms with E-state index in [9.17, 15) is 10.2 Å². The van der Waals surface area contributed by atoms with Crippen molar-refractivity contribution in [1.29, 1.82) is 5.26 Å². The van der Waals surface area contributed by atoms with E-state index in [4.69, 9.17) is 11.0 Å². The molecule has 4 heteroatoms. The van der Waals surface area contributed by atoms with Crippen LogP contribution in [0.3, 0.4) is 0 Å². The van der Waals surface area contributed by atoms with Gasteiger partial charge in [0.15, 0.2) is 0 Å². The Labute approximate surface area is 100 Å². The van der Waals surface area contributed by atoms with Gasteiger partial charge in [-0.1, -0.05) is 24.3 Å². The highest BCUT2D eigenvalue weighted by molar-refractivity contribution is 5.40. The fraction of sp³-hybridized carbons (Fsp3) is 0.462. The van der Waals surface area contributed by atoms with Gasteiger partial charge >= 0.3 is 0 Å². The normalized spacial score (nSPS) is 20.4. The van der Waals surface area contributed by atoms with Crippen LogP contribution in [0.1, 0.15) is 30.1 Å². The molecule has 0 spiro atoms. The molecule has 0 saturated heterocycles. The molecule has 2 rings (SSSR count). The molecule has 4 nitrogen and oxygen atoms in total. The Hall–Kier alpha value is -1.41. The minimum Gasteiger partial charge on any atom is -0.389 e. The lowest BCUT2D eigenvalue weighted by atomic mass is 9.95. The van der Waals surface area contributed by atoms with Gasteiger partial charge in [-0.05, 0) is 24.0 Å². The van der Waals surface area contributed by atoms with E-state index in [1.165, 1.54) is 0 Å². The van der Waals surface area contributed by atoms with Gasteiger partial charge in [0.05, 0.1) is 17.6 Å². The largest absolute Gasteiger partial charge is 0.389 e. The van der Waals surface area contributed by atoms with Gasteiger partial charge in [0, 0.05) is 6.54 Å². The van der Waals surface area contributed by atoms with E-state index in [2.05, 4.69) is 6.07 Å². The average molecular weight is 232 g/mol. The summed E-state index contributed by atoms with van der Waals surface area (Å²) in [5.74, 6) is 0. The number of nitrogens with zero attached hydrogens (tertiary/aromatic N) is 1. The molecule has 2 atom stereocenters. The van der Waals surface area contributed by atoms with Crippen molar-refractivity contribution in [3.63, 3.8) is 0 Å². The van der Waals surface area contributed by atoms with E-state index in [1.54, 1.807) is 12.1 Å². The van der Waals surface area contributed by atoms with Gasteiger partial charge in [-0.2, -0.15) is 5.26 Å². The predicted octanol–water partition coefficient (Wildman–Crippen LogP) is 0.595. The summed E-state index contributed by atoms with van der Waals surface area (Å²) < 4.78 is 0. The number of benzene rings is 1. The van der Waals surface area contributed by atoms with Gasteiger partial charge in [-0.3, -0.25) is 0 Å². The van der Waals surface area contributed by atoms with Gasteiger partial charge in [0.2, 0.25) is 0 Å². The summed E-state index contributed by atoms with van der Waals surface area (Å²) in [4.78, 5) is 0. The van der Waals surface area contributed by atoms with Crippen LogP contribution in [0.5, 0.6) is 0 Å². The fourth-order valence-corrected chi connectivity index (χ4v) is 1.94. The number of aliphatic hydroxyl groups is 2. The Bertz CT molecular complexity index is 432. The second kappa shape index (κ2) is 4.46. The lowest BCUT2D eigenvalue weighted by molar-refractivity contribution is 0.0243. The molecule has 0 bridgehead atoms. The van der Waals surface area contributed by atoms with E-state index in [-0.39, 0.29) is 12.0 Å². The first-order valence-corrected chi connectivity index (χ1v) is 5.71. The molecule has 0 heterocycles. The first-order chi connectivity index (χ1) is 8.13. The van der Waals surface area contributed by atoms with Gasteiger partial charge in [-0.15, -0.1) is 0 Å². The van der Waals surface area contributed by atoms with Crippen molar-refractivity contribution in [2.45, 2.75) is 30.5 Å². The van der Waals surface area contributed by atoms with Crippen molar-refractivity contribution in [2.75, 3.05) is 6.54 Å². The first-order valence-electron chi connectivity index (χ1n) is 5.71. The minimum atomic E-state index is -0.966. The third-order valence-corrected chi connectivity index (χ3v) is 3.37. The SMILES string of the molecule is N#CC1(c2ccc(C(O)C(O)CN)cc2)CC1. The highest BCUT2D eigenvalue weighted by atomic mass is 16.3. The average Bonchev–Trinajstić information content (AvgIpc) is 3.18. The molecule has 1 aromatic rings. The third-order valence-electron chi connectivity index (χ3n) is 3.37. The van der Waals surface area contributed by atoms with Crippen LogP contribution in [0, 0.1) is 11.3 Å². The molecule has 4 N–H and O–H groups in total. The number of hydrogen-bond donors (Lipinski definition) is 3. The van der Waals surface area contributed by atoms with Crippen LogP contribution < -0.4 is 5.73 Å². The summed E-state index contributed by atoms with van der Waals surface area (Å²) in [6.07, 6.45) is -0.119. The Balaban J connectivity index is 2.17. The second-order valence-electron chi connectivity index (χ2n) is 4.56. The molecule has 0 aromatic heterocycles. The van der Waals surface area contributed by atoms with Crippen LogP contribution in [0.15, 0.2) is 24.3 Å². The monoisotopic (exact) mass is 232 g/mol. The molecule has 1 saturated carbocycles. The topological polar surface area (TPSA) is 90.3 Å². The van der Waals surface area contributed by atoms with Gasteiger partial charge in [-0.25, -0.2) is 0 Å². The molecule has 1 aromatic carbocycles. The highest BCUT2D eigenvalue weighted by Gasteiger charge is 2.44. The summed E-state index contributed by atoms with van der Waals surface area (Å²) >= 11 is 0. The van der Waals surface area contributed by atoms with Crippen LogP contribution in [-0.4, -0.2) is 22.9 Å². The summed E-state index contributed by atoms with van der Waals surface area (Å²) in [6, 6.07) is 9.50. The van der Waals surface area contributed by atoms with E-state index in [1.807, 2.05) is 12.1 Å². The molecule has 90 valence electrons. The van der Waals surface area contributed by atoms with Crippen molar-refractivity contribution >= 4 is 0 Å². The van der Waals surface area contributed by atoms with E-state index < -0.39 is 12.2 Å². The van der Waals surface area contributed by atoms with E-state index in [0.29, 0.717) is 5.56 Å². The Morgan fingerprint density at radius 1 is 1.29 bits per heavy atom. The van der Waals surface area contributed by atoms with Crippen molar-refractivity contribution in [3.05, 3.63) is 35.4 Å². The van der Waals surface area contributed by atoms with Crippen molar-refractivity contribution in [2.24, 2.45) is 5.73 Å². The molecule has 1 aliphatic carbocycles. The molecular weight excluding hydrogens is 216 g/mol. The zero-order chi connectivity index (χ0) is 12.5. The Kier molecular flexibility index (Phi) is 3.16. The molecule has 0 radical (unpaired) electrons. The maximum absolute atomic E-state index is 9.76. The zero-order valence-electron chi connectivity index (χ0n) is 9.50. The molecule has 2 unspecified atom stereocenters. The minimum absolute atomic E-state index is 0.0189. The van der Waals surface area contributed by atoms with Crippen LogP contribution in [0.4, 0.5) is 0 Å². The van der Waals surface area contributed by atoms with Crippen molar-refractivity contribution in [1.82, 2.24) is 0 Å². The predicted molar refractivity (Wildman–Crippen MR) is 63.0 cm³/mol.